The van der Waals surface area contributed by atoms with Crippen molar-refractivity contribution in [2.24, 2.45) is 12.5 Å². The SMILES string of the molecule is CCNC(CSc1nnc(C)n1C)C(C)(C)C. The number of hydrogen-bond acceptors (Lipinski definition) is 4. The summed E-state index contributed by atoms with van der Waals surface area (Å²) in [6, 6.07) is 0.481. The van der Waals surface area contributed by atoms with Crippen LogP contribution >= 0.6 is 11.8 Å². The normalized spacial score (nSPS) is 14.0. The molecule has 1 N–H and O–H groups in total. The minimum Gasteiger partial charge on any atom is -0.313 e. The molecular formula is C12H24N4S. The van der Waals surface area contributed by atoms with Crippen LogP contribution in [-0.2, 0) is 7.05 Å². The van der Waals surface area contributed by atoms with Crippen LogP contribution in [0.2, 0.25) is 0 Å². The lowest BCUT2D eigenvalue weighted by Gasteiger charge is -2.31. The molecule has 1 atom stereocenters. The molecule has 1 aromatic heterocycles. The minimum absolute atomic E-state index is 0.261. The Morgan fingerprint density at radius 3 is 2.41 bits per heavy atom. The van der Waals surface area contributed by atoms with Gasteiger partial charge in [-0.2, -0.15) is 0 Å². The fourth-order valence-corrected chi connectivity index (χ4v) is 2.89. The molecule has 0 fully saturated rings. The van der Waals surface area contributed by atoms with Crippen LogP contribution in [0.1, 0.15) is 33.5 Å². The van der Waals surface area contributed by atoms with E-state index in [4.69, 9.17) is 0 Å². The molecule has 0 aliphatic carbocycles. The molecule has 1 aromatic rings. The second-order valence-corrected chi connectivity index (χ2v) is 6.36. The molecule has 1 unspecified atom stereocenters. The van der Waals surface area contributed by atoms with Gasteiger partial charge < -0.3 is 9.88 Å². The van der Waals surface area contributed by atoms with E-state index in [2.05, 4.69) is 43.2 Å². The number of aryl methyl sites for hydroxylation is 1. The zero-order valence-corrected chi connectivity index (χ0v) is 12.6. The number of nitrogens with one attached hydrogen (secondary N) is 1. The number of nitrogens with zero attached hydrogens (tertiary/aromatic N) is 3. The van der Waals surface area contributed by atoms with Crippen LogP contribution < -0.4 is 5.32 Å². The molecule has 0 radical (unpaired) electrons. The molecule has 0 aromatic carbocycles. The van der Waals surface area contributed by atoms with E-state index >= 15 is 0 Å². The highest BCUT2D eigenvalue weighted by atomic mass is 32.2. The van der Waals surface area contributed by atoms with Crippen LogP contribution in [0.5, 0.6) is 0 Å². The van der Waals surface area contributed by atoms with E-state index in [1.54, 1.807) is 11.8 Å². The van der Waals surface area contributed by atoms with Crippen LogP contribution in [0.15, 0.2) is 5.16 Å². The quantitative estimate of drug-likeness (QED) is 0.821. The Morgan fingerprint density at radius 2 is 2.00 bits per heavy atom. The zero-order chi connectivity index (χ0) is 13.1. The number of rotatable bonds is 5. The van der Waals surface area contributed by atoms with E-state index in [0.29, 0.717) is 6.04 Å². The maximum atomic E-state index is 4.18. The third-order valence-corrected chi connectivity index (χ3v) is 4.04. The first-order valence-electron chi connectivity index (χ1n) is 6.08. The van der Waals surface area contributed by atoms with Crippen LogP contribution in [-0.4, -0.2) is 33.1 Å². The molecular weight excluding hydrogens is 232 g/mol. The molecule has 1 rings (SSSR count). The maximum absolute atomic E-state index is 4.18. The molecule has 0 spiro atoms. The third kappa shape index (κ3) is 4.00. The fourth-order valence-electron chi connectivity index (χ4n) is 1.53. The van der Waals surface area contributed by atoms with Gasteiger partial charge in [0.15, 0.2) is 5.16 Å². The summed E-state index contributed by atoms with van der Waals surface area (Å²) >= 11 is 1.77. The molecule has 1 heterocycles. The second-order valence-electron chi connectivity index (χ2n) is 5.38. The van der Waals surface area contributed by atoms with Crippen molar-refractivity contribution in [1.82, 2.24) is 20.1 Å². The van der Waals surface area contributed by atoms with Gasteiger partial charge in [0, 0.05) is 18.8 Å². The van der Waals surface area contributed by atoms with Crippen molar-refractivity contribution >= 4 is 11.8 Å². The second kappa shape index (κ2) is 5.87. The molecule has 4 nitrogen and oxygen atoms in total. The highest BCUT2D eigenvalue weighted by molar-refractivity contribution is 7.99. The summed E-state index contributed by atoms with van der Waals surface area (Å²) in [6.45, 7) is 11.9. The van der Waals surface area contributed by atoms with Crippen molar-refractivity contribution in [3.8, 4) is 0 Å². The van der Waals surface area contributed by atoms with E-state index in [-0.39, 0.29) is 5.41 Å². The molecule has 5 heteroatoms. The van der Waals surface area contributed by atoms with Gasteiger partial charge in [0.2, 0.25) is 0 Å². The highest BCUT2D eigenvalue weighted by Crippen LogP contribution is 2.25. The van der Waals surface area contributed by atoms with Crippen molar-refractivity contribution in [3.05, 3.63) is 5.82 Å². The predicted molar refractivity (Wildman–Crippen MR) is 73.4 cm³/mol. The number of hydrogen-bond donors (Lipinski definition) is 1. The summed E-state index contributed by atoms with van der Waals surface area (Å²) in [5, 5.41) is 12.8. The average molecular weight is 256 g/mol. The predicted octanol–water partition coefficient (Wildman–Crippen LogP) is 2.24. The summed E-state index contributed by atoms with van der Waals surface area (Å²) in [5.74, 6) is 1.98. The summed E-state index contributed by atoms with van der Waals surface area (Å²) in [6.07, 6.45) is 0. The van der Waals surface area contributed by atoms with E-state index < -0.39 is 0 Å². The van der Waals surface area contributed by atoms with Gasteiger partial charge in [0.25, 0.3) is 0 Å². The number of thioether (sulfide) groups is 1. The smallest absolute Gasteiger partial charge is 0.190 e. The Balaban J connectivity index is 2.61. The first-order valence-corrected chi connectivity index (χ1v) is 7.07. The van der Waals surface area contributed by atoms with Crippen LogP contribution in [0.25, 0.3) is 0 Å². The topological polar surface area (TPSA) is 42.7 Å². The molecule has 17 heavy (non-hydrogen) atoms. The van der Waals surface area contributed by atoms with Gasteiger partial charge in [-0.05, 0) is 18.9 Å². The zero-order valence-electron chi connectivity index (χ0n) is 11.7. The molecule has 0 bridgehead atoms. The van der Waals surface area contributed by atoms with Crippen molar-refractivity contribution < 1.29 is 0 Å². The van der Waals surface area contributed by atoms with Crippen LogP contribution in [0.3, 0.4) is 0 Å². The van der Waals surface area contributed by atoms with E-state index in [0.717, 1.165) is 23.3 Å². The maximum Gasteiger partial charge on any atom is 0.190 e. The average Bonchev–Trinajstić information content (AvgIpc) is 2.53. The molecule has 0 saturated carbocycles. The molecule has 0 amide bonds. The van der Waals surface area contributed by atoms with Crippen molar-refractivity contribution in [2.45, 2.75) is 45.8 Å². The Morgan fingerprint density at radius 1 is 1.35 bits per heavy atom. The first-order chi connectivity index (χ1) is 7.86. The fraction of sp³-hybridized carbons (Fsp3) is 0.833. The Labute approximate surface area is 109 Å². The van der Waals surface area contributed by atoms with Crippen LogP contribution in [0, 0.1) is 12.3 Å². The van der Waals surface area contributed by atoms with Gasteiger partial charge >= 0.3 is 0 Å². The van der Waals surface area contributed by atoms with Crippen molar-refractivity contribution in [2.75, 3.05) is 12.3 Å². The molecule has 0 aliphatic heterocycles. The summed E-state index contributed by atoms with van der Waals surface area (Å²) in [5.41, 5.74) is 0.261. The summed E-state index contributed by atoms with van der Waals surface area (Å²) < 4.78 is 2.04. The van der Waals surface area contributed by atoms with Gasteiger partial charge in [0.05, 0.1) is 0 Å². The first kappa shape index (κ1) is 14.5. The van der Waals surface area contributed by atoms with Gasteiger partial charge in [-0.15, -0.1) is 10.2 Å². The van der Waals surface area contributed by atoms with Crippen molar-refractivity contribution in [1.29, 1.82) is 0 Å². The Bertz CT molecular complexity index is 354. The Hall–Kier alpha value is -0.550. The summed E-state index contributed by atoms with van der Waals surface area (Å²) in [7, 11) is 2.01. The Kier molecular flexibility index (Phi) is 5.01. The molecule has 0 aliphatic rings. The summed E-state index contributed by atoms with van der Waals surface area (Å²) in [4.78, 5) is 0. The third-order valence-electron chi connectivity index (χ3n) is 2.93. The van der Waals surface area contributed by atoms with Gasteiger partial charge in [-0.25, -0.2) is 0 Å². The van der Waals surface area contributed by atoms with Gasteiger partial charge in [-0.3, -0.25) is 0 Å². The van der Waals surface area contributed by atoms with Gasteiger partial charge in [0.1, 0.15) is 5.82 Å². The van der Waals surface area contributed by atoms with E-state index in [1.165, 1.54) is 0 Å². The highest BCUT2D eigenvalue weighted by Gasteiger charge is 2.24. The standard InChI is InChI=1S/C12H24N4S/c1-7-13-10(12(3,4)5)8-17-11-15-14-9(2)16(11)6/h10,13H,7-8H2,1-6H3. The van der Waals surface area contributed by atoms with Crippen molar-refractivity contribution in [3.63, 3.8) is 0 Å². The lowest BCUT2D eigenvalue weighted by Crippen LogP contribution is -2.42. The van der Waals surface area contributed by atoms with Crippen LogP contribution in [0.4, 0.5) is 0 Å². The lowest BCUT2D eigenvalue weighted by molar-refractivity contribution is 0.295. The minimum atomic E-state index is 0.261. The monoisotopic (exact) mass is 256 g/mol. The molecule has 0 saturated heterocycles. The largest absolute Gasteiger partial charge is 0.313 e. The molecule has 98 valence electrons. The number of aromatic nitrogens is 3. The lowest BCUT2D eigenvalue weighted by atomic mass is 9.88. The van der Waals surface area contributed by atoms with E-state index in [1.807, 2.05) is 18.5 Å². The van der Waals surface area contributed by atoms with E-state index in [9.17, 15) is 0 Å². The van der Waals surface area contributed by atoms with Gasteiger partial charge in [-0.1, -0.05) is 39.5 Å².